The van der Waals surface area contributed by atoms with E-state index in [1.165, 1.54) is 6.07 Å². The average Bonchev–Trinajstić information content (AvgIpc) is 2.47. The zero-order chi connectivity index (χ0) is 14.5. The molecule has 0 aliphatic rings. The Labute approximate surface area is 117 Å². The summed E-state index contributed by atoms with van der Waals surface area (Å²) in [5.74, 6) is -0.857. The summed E-state index contributed by atoms with van der Waals surface area (Å²) >= 11 is 0. The summed E-state index contributed by atoms with van der Waals surface area (Å²) in [7, 11) is 0. The summed E-state index contributed by atoms with van der Waals surface area (Å²) in [4.78, 5) is 0. The van der Waals surface area contributed by atoms with Gasteiger partial charge in [-0.1, -0.05) is 24.3 Å². The van der Waals surface area contributed by atoms with E-state index in [1.807, 2.05) is 24.3 Å². The standard InChI is InChI=1S/C16H17F2NO/c1-11(15-8-14(17)6-7-16(15)18)19-9-12-2-4-13(10-20)5-3-12/h2-8,11,19-20H,9-10H2,1H3. The van der Waals surface area contributed by atoms with Crippen LogP contribution in [0.2, 0.25) is 0 Å². The highest BCUT2D eigenvalue weighted by molar-refractivity contribution is 5.24. The zero-order valence-corrected chi connectivity index (χ0v) is 11.2. The minimum atomic E-state index is -0.442. The molecule has 0 saturated carbocycles. The van der Waals surface area contributed by atoms with Crippen molar-refractivity contribution < 1.29 is 13.9 Å². The number of hydrogen-bond acceptors (Lipinski definition) is 2. The predicted molar refractivity (Wildman–Crippen MR) is 74.0 cm³/mol. The molecule has 20 heavy (non-hydrogen) atoms. The fraction of sp³-hybridized carbons (Fsp3) is 0.250. The van der Waals surface area contributed by atoms with E-state index in [4.69, 9.17) is 5.11 Å². The Balaban J connectivity index is 2.00. The first-order valence-electron chi connectivity index (χ1n) is 6.47. The minimum absolute atomic E-state index is 0.0125. The Morgan fingerprint density at radius 2 is 1.70 bits per heavy atom. The zero-order valence-electron chi connectivity index (χ0n) is 11.2. The van der Waals surface area contributed by atoms with Gasteiger partial charge < -0.3 is 10.4 Å². The molecule has 106 valence electrons. The molecule has 0 radical (unpaired) electrons. The van der Waals surface area contributed by atoms with Crippen LogP contribution in [0.5, 0.6) is 0 Å². The van der Waals surface area contributed by atoms with Crippen LogP contribution in [0, 0.1) is 11.6 Å². The van der Waals surface area contributed by atoms with Crippen molar-refractivity contribution in [2.24, 2.45) is 0 Å². The van der Waals surface area contributed by atoms with Gasteiger partial charge in [-0.05, 0) is 36.2 Å². The summed E-state index contributed by atoms with van der Waals surface area (Å²) in [6.45, 7) is 2.35. The van der Waals surface area contributed by atoms with Gasteiger partial charge in [-0.2, -0.15) is 0 Å². The second kappa shape index (κ2) is 6.59. The van der Waals surface area contributed by atoms with Crippen LogP contribution in [0.3, 0.4) is 0 Å². The molecule has 0 heterocycles. The topological polar surface area (TPSA) is 32.3 Å². The van der Waals surface area contributed by atoms with Gasteiger partial charge in [0.05, 0.1) is 6.61 Å². The fourth-order valence-corrected chi connectivity index (χ4v) is 1.99. The smallest absolute Gasteiger partial charge is 0.128 e. The maximum Gasteiger partial charge on any atom is 0.128 e. The minimum Gasteiger partial charge on any atom is -0.392 e. The predicted octanol–water partition coefficient (Wildman–Crippen LogP) is 3.31. The van der Waals surface area contributed by atoms with Crippen molar-refractivity contribution in [3.8, 4) is 0 Å². The van der Waals surface area contributed by atoms with Crippen molar-refractivity contribution in [3.05, 3.63) is 70.8 Å². The second-order valence-corrected chi connectivity index (χ2v) is 4.74. The first-order chi connectivity index (χ1) is 9.60. The van der Waals surface area contributed by atoms with Gasteiger partial charge in [0.1, 0.15) is 11.6 Å². The van der Waals surface area contributed by atoms with E-state index in [-0.39, 0.29) is 12.6 Å². The lowest BCUT2D eigenvalue weighted by atomic mass is 10.1. The highest BCUT2D eigenvalue weighted by Crippen LogP contribution is 2.18. The summed E-state index contributed by atoms with van der Waals surface area (Å²) in [5, 5.41) is 12.1. The molecular weight excluding hydrogens is 260 g/mol. The number of nitrogens with one attached hydrogen (secondary N) is 1. The van der Waals surface area contributed by atoms with E-state index < -0.39 is 11.6 Å². The maximum atomic E-state index is 13.6. The maximum absolute atomic E-state index is 13.6. The van der Waals surface area contributed by atoms with Crippen LogP contribution >= 0.6 is 0 Å². The van der Waals surface area contributed by atoms with Crippen molar-refractivity contribution in [1.29, 1.82) is 0 Å². The SMILES string of the molecule is CC(NCc1ccc(CO)cc1)c1cc(F)ccc1F. The molecule has 0 amide bonds. The number of hydrogen-bond donors (Lipinski definition) is 2. The highest BCUT2D eigenvalue weighted by Gasteiger charge is 2.11. The average molecular weight is 277 g/mol. The normalized spacial score (nSPS) is 12.4. The Morgan fingerprint density at radius 1 is 1.05 bits per heavy atom. The van der Waals surface area contributed by atoms with Gasteiger partial charge in [-0.15, -0.1) is 0 Å². The van der Waals surface area contributed by atoms with Crippen molar-refractivity contribution in [2.75, 3.05) is 0 Å². The van der Waals surface area contributed by atoms with Gasteiger partial charge in [0.15, 0.2) is 0 Å². The van der Waals surface area contributed by atoms with Gasteiger partial charge in [0.2, 0.25) is 0 Å². The van der Waals surface area contributed by atoms with E-state index in [0.29, 0.717) is 12.1 Å². The number of benzene rings is 2. The van der Waals surface area contributed by atoms with E-state index >= 15 is 0 Å². The number of rotatable bonds is 5. The van der Waals surface area contributed by atoms with Crippen LogP contribution in [-0.2, 0) is 13.2 Å². The first kappa shape index (κ1) is 14.6. The molecule has 2 nitrogen and oxygen atoms in total. The van der Waals surface area contributed by atoms with Gasteiger partial charge in [-0.25, -0.2) is 8.78 Å². The molecule has 0 aliphatic carbocycles. The molecule has 2 aromatic carbocycles. The molecule has 1 atom stereocenters. The number of halogens is 2. The fourth-order valence-electron chi connectivity index (χ4n) is 1.99. The van der Waals surface area contributed by atoms with Crippen molar-refractivity contribution in [1.82, 2.24) is 5.32 Å². The highest BCUT2D eigenvalue weighted by atomic mass is 19.1. The molecule has 4 heteroatoms. The third-order valence-corrected chi connectivity index (χ3v) is 3.24. The van der Waals surface area contributed by atoms with E-state index in [2.05, 4.69) is 5.32 Å². The Hall–Kier alpha value is -1.78. The van der Waals surface area contributed by atoms with Gasteiger partial charge in [0, 0.05) is 18.2 Å². The molecule has 2 aromatic rings. The largest absolute Gasteiger partial charge is 0.392 e. The lowest BCUT2D eigenvalue weighted by molar-refractivity contribution is 0.282. The summed E-state index contributed by atoms with van der Waals surface area (Å²) < 4.78 is 26.7. The molecule has 0 aliphatic heterocycles. The van der Waals surface area contributed by atoms with Gasteiger partial charge in [-0.3, -0.25) is 0 Å². The first-order valence-corrected chi connectivity index (χ1v) is 6.47. The lowest BCUT2D eigenvalue weighted by Gasteiger charge is -2.15. The van der Waals surface area contributed by atoms with Crippen molar-refractivity contribution in [3.63, 3.8) is 0 Å². The summed E-state index contributed by atoms with van der Waals surface area (Å²) in [6, 6.07) is 10.6. The number of aliphatic hydroxyl groups excluding tert-OH is 1. The van der Waals surface area contributed by atoms with Crippen LogP contribution < -0.4 is 5.32 Å². The van der Waals surface area contributed by atoms with Crippen LogP contribution in [0.1, 0.15) is 29.7 Å². The lowest BCUT2D eigenvalue weighted by Crippen LogP contribution is -2.19. The molecule has 0 spiro atoms. The van der Waals surface area contributed by atoms with Crippen LogP contribution in [-0.4, -0.2) is 5.11 Å². The van der Waals surface area contributed by atoms with E-state index in [9.17, 15) is 8.78 Å². The molecule has 0 bridgehead atoms. The molecule has 0 aromatic heterocycles. The summed E-state index contributed by atoms with van der Waals surface area (Å²) in [6.07, 6.45) is 0. The van der Waals surface area contributed by atoms with Crippen LogP contribution in [0.15, 0.2) is 42.5 Å². The number of aliphatic hydroxyl groups is 1. The monoisotopic (exact) mass is 277 g/mol. The molecular formula is C16H17F2NO. The summed E-state index contributed by atoms with van der Waals surface area (Å²) in [5.41, 5.74) is 2.18. The van der Waals surface area contributed by atoms with E-state index in [1.54, 1.807) is 6.92 Å². The Kier molecular flexibility index (Phi) is 4.82. The molecule has 2 rings (SSSR count). The van der Waals surface area contributed by atoms with Crippen LogP contribution in [0.4, 0.5) is 8.78 Å². The Bertz CT molecular complexity index is 569. The van der Waals surface area contributed by atoms with Crippen molar-refractivity contribution >= 4 is 0 Å². The van der Waals surface area contributed by atoms with Crippen molar-refractivity contribution in [2.45, 2.75) is 26.1 Å². The quantitative estimate of drug-likeness (QED) is 0.879. The molecule has 1 unspecified atom stereocenters. The third kappa shape index (κ3) is 3.62. The molecule has 2 N–H and O–H groups in total. The van der Waals surface area contributed by atoms with E-state index in [0.717, 1.165) is 23.3 Å². The second-order valence-electron chi connectivity index (χ2n) is 4.74. The third-order valence-electron chi connectivity index (χ3n) is 3.24. The van der Waals surface area contributed by atoms with Gasteiger partial charge in [0.25, 0.3) is 0 Å². The Morgan fingerprint density at radius 3 is 2.35 bits per heavy atom. The van der Waals surface area contributed by atoms with Gasteiger partial charge >= 0.3 is 0 Å². The molecule has 0 saturated heterocycles. The van der Waals surface area contributed by atoms with Crippen LogP contribution in [0.25, 0.3) is 0 Å². The molecule has 0 fully saturated rings.